The Hall–Kier alpha value is -3.22. The number of benzene rings is 1. The number of aromatic hydroxyl groups is 1. The lowest BCUT2D eigenvalue weighted by molar-refractivity contribution is -0.122. The first-order valence-electron chi connectivity index (χ1n) is 10.9. The summed E-state index contributed by atoms with van der Waals surface area (Å²) < 4.78 is 1.51. The number of hydrogen-bond acceptors (Lipinski definition) is 7. The van der Waals surface area contributed by atoms with Crippen molar-refractivity contribution in [1.29, 1.82) is 5.26 Å². The van der Waals surface area contributed by atoms with Gasteiger partial charge in [0.25, 0.3) is 11.5 Å². The van der Waals surface area contributed by atoms with E-state index < -0.39 is 17.2 Å². The first kappa shape index (κ1) is 25.4. The van der Waals surface area contributed by atoms with Crippen LogP contribution in [0, 0.1) is 24.2 Å². The van der Waals surface area contributed by atoms with Gasteiger partial charge in [0.15, 0.2) is 5.78 Å². The third kappa shape index (κ3) is 5.29. The van der Waals surface area contributed by atoms with Crippen LogP contribution in [-0.2, 0) is 11.3 Å². The number of pyridine rings is 1. The van der Waals surface area contributed by atoms with Gasteiger partial charge in [-0.15, -0.1) is 0 Å². The van der Waals surface area contributed by atoms with E-state index in [4.69, 9.17) is 12.2 Å². The first-order valence-corrected chi connectivity index (χ1v) is 12.1. The van der Waals surface area contributed by atoms with Crippen molar-refractivity contribution in [1.82, 2.24) is 9.47 Å². The zero-order valence-electron chi connectivity index (χ0n) is 19.2. The third-order valence-electron chi connectivity index (χ3n) is 5.38. The Labute approximate surface area is 207 Å². The highest BCUT2D eigenvalue weighted by molar-refractivity contribution is 8.26. The van der Waals surface area contributed by atoms with Crippen molar-refractivity contribution >= 4 is 46.1 Å². The predicted octanol–water partition coefficient (Wildman–Crippen LogP) is 4.25. The summed E-state index contributed by atoms with van der Waals surface area (Å²) in [6.07, 6.45) is 2.12. The van der Waals surface area contributed by atoms with Gasteiger partial charge in [0.2, 0.25) is 5.88 Å². The molecule has 1 saturated heterocycles. The van der Waals surface area contributed by atoms with Gasteiger partial charge < -0.3 is 5.11 Å². The number of rotatable bonds is 8. The molecule has 1 N–H and O–H groups in total. The highest BCUT2D eigenvalue weighted by Crippen LogP contribution is 2.33. The number of nitrogens with zero attached hydrogens (tertiary/aromatic N) is 3. The van der Waals surface area contributed by atoms with Crippen LogP contribution in [0.25, 0.3) is 6.08 Å². The molecule has 3 rings (SSSR count). The Morgan fingerprint density at radius 3 is 2.56 bits per heavy atom. The van der Waals surface area contributed by atoms with E-state index in [0.717, 1.165) is 10.1 Å². The minimum absolute atomic E-state index is 0.0218. The number of hydrogen-bond donors (Lipinski definition) is 1. The Balaban J connectivity index is 1.75. The van der Waals surface area contributed by atoms with Crippen molar-refractivity contribution in [2.24, 2.45) is 5.92 Å². The van der Waals surface area contributed by atoms with Gasteiger partial charge in [0, 0.05) is 19.5 Å². The summed E-state index contributed by atoms with van der Waals surface area (Å²) in [5.41, 5.74) is 0.293. The minimum Gasteiger partial charge on any atom is -0.494 e. The molecule has 0 spiro atoms. The molecule has 1 aliphatic rings. The highest BCUT2D eigenvalue weighted by Gasteiger charge is 2.32. The lowest BCUT2D eigenvalue weighted by atomic mass is 9.98. The van der Waals surface area contributed by atoms with E-state index in [1.807, 2.05) is 50.2 Å². The number of nitriles is 1. The summed E-state index contributed by atoms with van der Waals surface area (Å²) in [5, 5.41) is 20.1. The van der Waals surface area contributed by atoms with Gasteiger partial charge in [0.1, 0.15) is 16.0 Å². The van der Waals surface area contributed by atoms with Gasteiger partial charge in [0.05, 0.1) is 10.5 Å². The van der Waals surface area contributed by atoms with E-state index in [1.165, 1.54) is 23.6 Å². The van der Waals surface area contributed by atoms with Gasteiger partial charge in [-0.25, -0.2) is 0 Å². The highest BCUT2D eigenvalue weighted by atomic mass is 32.2. The van der Waals surface area contributed by atoms with Crippen molar-refractivity contribution in [2.45, 2.75) is 40.2 Å². The zero-order chi connectivity index (χ0) is 25.0. The molecule has 34 heavy (non-hydrogen) atoms. The second kappa shape index (κ2) is 10.8. The fraction of sp³-hybridized carbons (Fsp3) is 0.320. The van der Waals surface area contributed by atoms with Crippen molar-refractivity contribution in [3.8, 4) is 11.9 Å². The quantitative estimate of drug-likeness (QED) is 0.332. The molecule has 0 bridgehead atoms. The largest absolute Gasteiger partial charge is 0.494 e. The molecular formula is C25H25N3O4S2. The molecule has 0 aliphatic carbocycles. The summed E-state index contributed by atoms with van der Waals surface area (Å²) in [6, 6.07) is 11.3. The Bertz CT molecular complexity index is 1270. The molecular weight excluding hydrogens is 470 g/mol. The molecule has 1 aromatic carbocycles. The summed E-state index contributed by atoms with van der Waals surface area (Å²) >= 11 is 6.58. The number of thiocarbonyl (C=S) groups is 1. The van der Waals surface area contributed by atoms with Gasteiger partial charge in [-0.2, -0.15) is 5.26 Å². The maximum Gasteiger partial charge on any atom is 0.271 e. The van der Waals surface area contributed by atoms with Crippen LogP contribution >= 0.6 is 24.0 Å². The van der Waals surface area contributed by atoms with Crippen LogP contribution in [0.3, 0.4) is 0 Å². The number of Topliss-reactive ketones (excluding diaryl/α,β-unsaturated/α-hetero) is 1. The molecule has 1 amide bonds. The lowest BCUT2D eigenvalue weighted by Crippen LogP contribution is -2.30. The number of thioether (sulfide) groups is 1. The first-order chi connectivity index (χ1) is 16.1. The second-order valence-electron chi connectivity index (χ2n) is 8.39. The Kier molecular flexibility index (Phi) is 8.07. The van der Waals surface area contributed by atoms with E-state index in [-0.39, 0.29) is 48.0 Å². The van der Waals surface area contributed by atoms with E-state index >= 15 is 0 Å². The molecule has 2 aromatic rings. The molecule has 7 nitrogen and oxygen atoms in total. The van der Waals surface area contributed by atoms with Crippen LogP contribution < -0.4 is 5.56 Å². The van der Waals surface area contributed by atoms with Gasteiger partial charge in [-0.1, -0.05) is 68.2 Å². The van der Waals surface area contributed by atoms with Crippen LogP contribution in [0.15, 0.2) is 40.0 Å². The van der Waals surface area contributed by atoms with Gasteiger partial charge in [-0.05, 0) is 36.5 Å². The number of amides is 1. The van der Waals surface area contributed by atoms with Crippen LogP contribution in [0.2, 0.25) is 0 Å². The van der Waals surface area contributed by atoms with Crippen molar-refractivity contribution in [3.63, 3.8) is 0 Å². The van der Waals surface area contributed by atoms with E-state index in [9.17, 15) is 24.8 Å². The molecule has 0 saturated carbocycles. The monoisotopic (exact) mass is 495 g/mol. The fourth-order valence-corrected chi connectivity index (χ4v) is 5.04. The van der Waals surface area contributed by atoms with Crippen LogP contribution in [0.4, 0.5) is 0 Å². The molecule has 176 valence electrons. The maximum atomic E-state index is 13.0. The number of carbonyl (C=O) groups is 2. The lowest BCUT2D eigenvalue weighted by Gasteiger charge is -2.17. The molecule has 9 heteroatoms. The number of carbonyl (C=O) groups excluding carboxylic acids is 2. The summed E-state index contributed by atoms with van der Waals surface area (Å²) in [4.78, 5) is 40.4. The van der Waals surface area contributed by atoms with Gasteiger partial charge >= 0.3 is 0 Å². The molecule has 1 aliphatic heterocycles. The standard InChI is InChI=1S/C25H25N3O4S2/c1-15(2)14-28-22(30)18(13-26)16(3)21(24(28)32)19(29)10-7-11-27-23(31)20(34-25(27)33)12-17-8-5-4-6-9-17/h4-6,8-9,12,15,32H,7,10-11,14H2,1-3H3/b20-12-. The molecule has 0 unspecified atom stereocenters. The summed E-state index contributed by atoms with van der Waals surface area (Å²) in [5.74, 6) is -0.993. The van der Waals surface area contributed by atoms with Crippen LogP contribution in [0.1, 0.15) is 53.7 Å². The zero-order valence-corrected chi connectivity index (χ0v) is 20.8. The smallest absolute Gasteiger partial charge is 0.271 e. The molecule has 1 fully saturated rings. The SMILES string of the molecule is Cc1c(C(=O)CCCN2C(=O)/C(=C/c3ccccc3)SC2=S)c(O)n(CC(C)C)c(=O)c1C#N. The normalized spacial score (nSPS) is 14.8. The average molecular weight is 496 g/mol. The third-order valence-corrected chi connectivity index (χ3v) is 6.76. The Morgan fingerprint density at radius 2 is 1.94 bits per heavy atom. The van der Waals surface area contributed by atoms with Crippen molar-refractivity contribution < 1.29 is 14.7 Å². The molecule has 0 atom stereocenters. The molecule has 1 aromatic heterocycles. The summed E-state index contributed by atoms with van der Waals surface area (Å²) in [6.45, 7) is 5.66. The van der Waals surface area contributed by atoms with Crippen molar-refractivity contribution in [2.75, 3.05) is 6.54 Å². The topological polar surface area (TPSA) is 103 Å². The van der Waals surface area contributed by atoms with E-state index in [2.05, 4.69) is 0 Å². The fourth-order valence-electron chi connectivity index (χ4n) is 3.74. The van der Waals surface area contributed by atoms with Gasteiger partial charge in [-0.3, -0.25) is 23.9 Å². The van der Waals surface area contributed by atoms with Crippen molar-refractivity contribution in [3.05, 3.63) is 67.8 Å². The van der Waals surface area contributed by atoms with E-state index in [0.29, 0.717) is 15.6 Å². The predicted molar refractivity (Wildman–Crippen MR) is 137 cm³/mol. The molecule has 0 radical (unpaired) electrons. The second-order valence-corrected chi connectivity index (χ2v) is 10.1. The van der Waals surface area contributed by atoms with Crippen LogP contribution in [-0.4, -0.2) is 37.1 Å². The Morgan fingerprint density at radius 1 is 1.26 bits per heavy atom. The minimum atomic E-state index is -0.606. The molecule has 2 heterocycles. The number of aromatic nitrogens is 1. The summed E-state index contributed by atoms with van der Waals surface area (Å²) in [7, 11) is 0. The average Bonchev–Trinajstić information content (AvgIpc) is 3.05. The van der Waals surface area contributed by atoms with E-state index in [1.54, 1.807) is 6.08 Å². The van der Waals surface area contributed by atoms with Crippen LogP contribution in [0.5, 0.6) is 5.88 Å². The number of ketones is 1. The maximum absolute atomic E-state index is 13.0.